The molecule has 198 valence electrons. The number of aliphatic hydroxyl groups is 1. The first-order valence-electron chi connectivity index (χ1n) is 13.3. The van der Waals surface area contributed by atoms with Crippen molar-refractivity contribution in [3.63, 3.8) is 0 Å². The van der Waals surface area contributed by atoms with Crippen LogP contribution in [-0.4, -0.2) is 22.5 Å². The van der Waals surface area contributed by atoms with E-state index < -0.39 is 27.8 Å². The zero-order valence-corrected chi connectivity index (χ0v) is 23.7. The van der Waals surface area contributed by atoms with E-state index >= 15 is 0 Å². The van der Waals surface area contributed by atoms with E-state index in [9.17, 15) is 19.5 Å². The quantitative estimate of drug-likeness (QED) is 0.136. The predicted molar refractivity (Wildman–Crippen MR) is 150 cm³/mol. The summed E-state index contributed by atoms with van der Waals surface area (Å²) in [5.74, 6) is -1.75. The average molecular weight is 503 g/mol. The molecule has 4 nitrogen and oxygen atoms in total. The van der Waals surface area contributed by atoms with Gasteiger partial charge in [-0.25, -0.2) is 0 Å². The first-order valence-corrected chi connectivity index (χ1v) is 13.3. The molecule has 1 N–H and O–H groups in total. The van der Waals surface area contributed by atoms with Gasteiger partial charge in [-0.15, -0.1) is 0 Å². The topological polar surface area (TPSA) is 71.4 Å². The summed E-state index contributed by atoms with van der Waals surface area (Å²) in [6, 6.07) is 8.70. The molecule has 0 aromatic heterocycles. The van der Waals surface area contributed by atoms with Crippen molar-refractivity contribution in [1.82, 2.24) is 0 Å². The molecule has 1 aromatic rings. The lowest BCUT2D eigenvalue weighted by atomic mass is 9.38. The second-order valence-corrected chi connectivity index (χ2v) is 12.2. The highest BCUT2D eigenvalue weighted by Gasteiger charge is 2.73. The van der Waals surface area contributed by atoms with Crippen LogP contribution in [0, 0.1) is 22.2 Å². The zero-order chi connectivity index (χ0) is 27.8. The third-order valence-corrected chi connectivity index (χ3v) is 8.58. The fourth-order valence-electron chi connectivity index (χ4n) is 6.13. The largest absolute Gasteiger partial charge is 0.506 e. The molecule has 0 saturated heterocycles. The number of carbonyl (C=O) groups is 3. The number of ketones is 3. The normalized spacial score (nSPS) is 27.9. The molecule has 2 bridgehead atoms. The number of Topliss-reactive ketones (excluding diaryl/α,β-unsaturated/α-hetero) is 3. The molecule has 3 atom stereocenters. The molecule has 0 amide bonds. The van der Waals surface area contributed by atoms with Gasteiger partial charge in [-0.05, 0) is 78.6 Å². The molecular weight excluding hydrogens is 460 g/mol. The number of allylic oxidation sites excluding steroid dienone is 7. The van der Waals surface area contributed by atoms with Gasteiger partial charge in [0.05, 0.1) is 5.41 Å². The third-order valence-electron chi connectivity index (χ3n) is 8.58. The van der Waals surface area contributed by atoms with Gasteiger partial charge < -0.3 is 5.11 Å². The molecule has 2 fully saturated rings. The Hall–Kier alpha value is -3.01. The standard InChI is InChI=1S/C33H42O4/c1-21(2)14-15-25-20-32(18-16-22(3)4)28(35)26(27(34)24-12-10-9-11-13-24)29(36)33(30(32)37,31(25,7)8)19-17-23(5)6/h9-14,16-17,25,34H,15,18-20H2,1-8H3/t25-,32+,33-/m1/s1. The number of hydrogen-bond donors (Lipinski definition) is 1. The van der Waals surface area contributed by atoms with Crippen LogP contribution in [0.4, 0.5) is 0 Å². The van der Waals surface area contributed by atoms with Crippen molar-refractivity contribution in [3.05, 3.63) is 76.4 Å². The van der Waals surface area contributed by atoms with E-state index in [1.54, 1.807) is 24.3 Å². The van der Waals surface area contributed by atoms with Crippen LogP contribution in [0.1, 0.15) is 86.6 Å². The van der Waals surface area contributed by atoms with Crippen LogP contribution < -0.4 is 0 Å². The van der Waals surface area contributed by atoms with Gasteiger partial charge in [0.1, 0.15) is 16.7 Å². The highest BCUT2D eigenvalue weighted by Crippen LogP contribution is 2.65. The van der Waals surface area contributed by atoms with E-state index in [1.807, 2.05) is 73.6 Å². The average Bonchev–Trinajstić information content (AvgIpc) is 2.82. The fraction of sp³-hybridized carbons (Fsp3) is 0.485. The van der Waals surface area contributed by atoms with Crippen LogP contribution in [0.15, 0.2) is 70.9 Å². The van der Waals surface area contributed by atoms with Crippen LogP contribution in [0.25, 0.3) is 5.76 Å². The number of aliphatic hydroxyl groups excluding tert-OH is 1. The molecule has 1 aromatic carbocycles. The maximum Gasteiger partial charge on any atom is 0.184 e. The number of fused-ring (bicyclic) bond motifs is 2. The highest BCUT2D eigenvalue weighted by molar-refractivity contribution is 6.41. The van der Waals surface area contributed by atoms with E-state index in [2.05, 4.69) is 6.08 Å². The Balaban J connectivity index is 2.43. The summed E-state index contributed by atoms with van der Waals surface area (Å²) in [6.07, 6.45) is 7.49. The fourth-order valence-corrected chi connectivity index (χ4v) is 6.13. The monoisotopic (exact) mass is 502 g/mol. The summed E-state index contributed by atoms with van der Waals surface area (Å²) in [4.78, 5) is 43.6. The number of hydrogen-bond acceptors (Lipinski definition) is 4. The van der Waals surface area contributed by atoms with Crippen LogP contribution in [0.2, 0.25) is 0 Å². The summed E-state index contributed by atoms with van der Waals surface area (Å²) in [6.45, 7) is 15.9. The van der Waals surface area contributed by atoms with Crippen LogP contribution >= 0.6 is 0 Å². The van der Waals surface area contributed by atoms with Gasteiger partial charge in [-0.3, -0.25) is 14.4 Å². The third kappa shape index (κ3) is 4.71. The summed E-state index contributed by atoms with van der Waals surface area (Å²) < 4.78 is 0. The molecule has 4 heteroatoms. The first kappa shape index (κ1) is 28.6. The predicted octanol–water partition coefficient (Wildman–Crippen LogP) is 7.76. The van der Waals surface area contributed by atoms with Gasteiger partial charge in [0.25, 0.3) is 0 Å². The van der Waals surface area contributed by atoms with E-state index in [0.29, 0.717) is 18.4 Å². The van der Waals surface area contributed by atoms with Crippen molar-refractivity contribution >= 4 is 23.1 Å². The highest BCUT2D eigenvalue weighted by atomic mass is 16.3. The van der Waals surface area contributed by atoms with Gasteiger partial charge in [-0.2, -0.15) is 0 Å². The first-order chi connectivity index (χ1) is 17.2. The maximum atomic E-state index is 14.7. The van der Waals surface area contributed by atoms with Crippen molar-refractivity contribution in [2.75, 3.05) is 0 Å². The lowest BCUT2D eigenvalue weighted by Crippen LogP contribution is -2.69. The molecular formula is C33H42O4. The minimum absolute atomic E-state index is 0.0652. The maximum absolute atomic E-state index is 14.7. The Bertz CT molecular complexity index is 1210. The lowest BCUT2D eigenvalue weighted by molar-refractivity contribution is -0.176. The molecule has 2 aliphatic carbocycles. The van der Waals surface area contributed by atoms with E-state index in [4.69, 9.17) is 0 Å². The molecule has 2 aliphatic rings. The summed E-state index contributed by atoms with van der Waals surface area (Å²) in [7, 11) is 0. The SMILES string of the molecule is CC(C)=CC[C@@H]1C[C@@]2(CC=C(C)C)C(=O)C(=C(O)c3ccccc3)C(=O)[C@](CC=C(C)C)(C2=O)C1(C)C. The molecule has 3 rings (SSSR count). The van der Waals surface area contributed by atoms with E-state index in [-0.39, 0.29) is 35.9 Å². The van der Waals surface area contributed by atoms with E-state index in [1.165, 1.54) is 0 Å². The minimum atomic E-state index is -1.45. The van der Waals surface area contributed by atoms with Crippen molar-refractivity contribution in [2.45, 2.75) is 81.1 Å². The molecule has 37 heavy (non-hydrogen) atoms. The number of benzene rings is 1. The van der Waals surface area contributed by atoms with Crippen molar-refractivity contribution < 1.29 is 19.5 Å². The van der Waals surface area contributed by atoms with Crippen LogP contribution in [-0.2, 0) is 14.4 Å². The molecule has 0 aliphatic heterocycles. The van der Waals surface area contributed by atoms with Gasteiger partial charge in [-0.1, -0.05) is 79.1 Å². The summed E-state index contributed by atoms with van der Waals surface area (Å²) in [5.41, 5.74) is -0.236. The molecule has 0 spiro atoms. The summed E-state index contributed by atoms with van der Waals surface area (Å²) >= 11 is 0. The van der Waals surface area contributed by atoms with Crippen molar-refractivity contribution in [3.8, 4) is 0 Å². The van der Waals surface area contributed by atoms with Crippen molar-refractivity contribution in [2.24, 2.45) is 22.2 Å². The second kappa shape index (κ2) is 10.4. The van der Waals surface area contributed by atoms with E-state index in [0.717, 1.165) is 16.7 Å². The van der Waals surface area contributed by atoms with Crippen LogP contribution in [0.3, 0.4) is 0 Å². The molecule has 2 saturated carbocycles. The van der Waals surface area contributed by atoms with Crippen LogP contribution in [0.5, 0.6) is 0 Å². The number of carbonyl (C=O) groups excluding carboxylic acids is 3. The smallest absolute Gasteiger partial charge is 0.184 e. The minimum Gasteiger partial charge on any atom is -0.506 e. The van der Waals surface area contributed by atoms with Gasteiger partial charge >= 0.3 is 0 Å². The molecule has 0 radical (unpaired) electrons. The van der Waals surface area contributed by atoms with Gasteiger partial charge in [0, 0.05) is 5.56 Å². The Morgan fingerprint density at radius 1 is 0.838 bits per heavy atom. The Morgan fingerprint density at radius 3 is 1.92 bits per heavy atom. The molecule has 0 heterocycles. The zero-order valence-electron chi connectivity index (χ0n) is 23.7. The van der Waals surface area contributed by atoms with Gasteiger partial charge in [0.15, 0.2) is 17.3 Å². The Morgan fingerprint density at radius 2 is 1.38 bits per heavy atom. The Kier molecular flexibility index (Phi) is 8.02. The Labute approximate surface area is 222 Å². The number of rotatable bonds is 7. The second-order valence-electron chi connectivity index (χ2n) is 12.2. The van der Waals surface area contributed by atoms with Crippen molar-refractivity contribution in [1.29, 1.82) is 0 Å². The van der Waals surface area contributed by atoms with Gasteiger partial charge in [0.2, 0.25) is 0 Å². The summed E-state index contributed by atoms with van der Waals surface area (Å²) in [5, 5.41) is 11.4. The molecule has 0 unspecified atom stereocenters. The lowest BCUT2D eigenvalue weighted by Gasteiger charge is -2.60.